The van der Waals surface area contributed by atoms with Crippen LogP contribution in [0.3, 0.4) is 0 Å². The first-order chi connectivity index (χ1) is 20.8. The van der Waals surface area contributed by atoms with Crippen molar-refractivity contribution in [2.45, 2.75) is 0 Å². The van der Waals surface area contributed by atoms with Gasteiger partial charge >= 0.3 is 0 Å². The summed E-state index contributed by atoms with van der Waals surface area (Å²) in [5.74, 6) is 0. The highest BCUT2D eigenvalue weighted by molar-refractivity contribution is 6.22. The van der Waals surface area contributed by atoms with E-state index in [4.69, 9.17) is 4.42 Å². The lowest BCUT2D eigenvalue weighted by molar-refractivity contribution is 0.669. The number of benzene rings is 7. The van der Waals surface area contributed by atoms with E-state index < -0.39 is 0 Å². The van der Waals surface area contributed by atoms with Gasteiger partial charge in [0.1, 0.15) is 11.2 Å². The summed E-state index contributed by atoms with van der Waals surface area (Å²) in [4.78, 5) is 2.35. The van der Waals surface area contributed by atoms with Crippen LogP contribution in [0.4, 0.5) is 17.1 Å². The lowest BCUT2D eigenvalue weighted by atomic mass is 10.00. The number of hydrogen-bond acceptors (Lipinski definition) is 2. The highest BCUT2D eigenvalue weighted by atomic mass is 16.3. The molecule has 0 atom stereocenters. The summed E-state index contributed by atoms with van der Waals surface area (Å²) in [6.07, 6.45) is 0. The fraction of sp³-hybridized carbons (Fsp3) is 0. The maximum atomic E-state index is 6.45. The molecular formula is C40H27NO. The van der Waals surface area contributed by atoms with Crippen molar-refractivity contribution >= 4 is 49.8 Å². The monoisotopic (exact) mass is 537 g/mol. The molecule has 0 spiro atoms. The Labute approximate surface area is 244 Å². The third-order valence-electron chi connectivity index (χ3n) is 8.07. The molecule has 0 aliphatic rings. The fourth-order valence-corrected chi connectivity index (χ4v) is 6.05. The molecule has 0 aliphatic heterocycles. The standard InChI is InChI=1S/C40H27NO/c1-3-11-28(12-4-1)30-19-23-32(24-20-30)41(33-25-21-31(22-26-33)29-13-5-2-6-14-29)37-27-39-40(35-16-8-7-15-34(35)37)36-17-9-10-18-38(36)42-39/h1-27H. The minimum atomic E-state index is 0.886. The van der Waals surface area contributed by atoms with Crippen LogP contribution in [0.15, 0.2) is 168 Å². The molecule has 0 aliphatic carbocycles. The number of anilines is 3. The molecule has 8 aromatic rings. The second-order valence-corrected chi connectivity index (χ2v) is 10.6. The molecule has 1 aromatic heterocycles. The Balaban J connectivity index is 1.35. The molecule has 0 bridgehead atoms. The molecule has 0 saturated heterocycles. The van der Waals surface area contributed by atoms with Crippen LogP contribution in [0.2, 0.25) is 0 Å². The molecule has 0 unspecified atom stereocenters. The van der Waals surface area contributed by atoms with Gasteiger partial charge in [0.15, 0.2) is 0 Å². The second kappa shape index (κ2) is 10.1. The van der Waals surface area contributed by atoms with Crippen LogP contribution in [0, 0.1) is 0 Å². The average molecular weight is 538 g/mol. The highest BCUT2D eigenvalue weighted by Crippen LogP contribution is 2.45. The zero-order chi connectivity index (χ0) is 27.9. The van der Waals surface area contributed by atoms with Crippen LogP contribution in [0.1, 0.15) is 0 Å². The Kier molecular flexibility index (Phi) is 5.82. The van der Waals surface area contributed by atoms with E-state index in [2.05, 4.69) is 157 Å². The van der Waals surface area contributed by atoms with E-state index >= 15 is 0 Å². The SMILES string of the molecule is c1ccc(-c2ccc(N(c3ccc(-c4ccccc4)cc3)c3cc4oc5ccccc5c4c4ccccc34)cc2)cc1. The topological polar surface area (TPSA) is 16.4 Å². The molecule has 1 heterocycles. The van der Waals surface area contributed by atoms with Crippen LogP contribution in [0.5, 0.6) is 0 Å². The smallest absolute Gasteiger partial charge is 0.138 e. The molecule has 0 fully saturated rings. The summed E-state index contributed by atoms with van der Waals surface area (Å²) in [6.45, 7) is 0. The maximum absolute atomic E-state index is 6.45. The van der Waals surface area contributed by atoms with Crippen LogP contribution >= 0.6 is 0 Å². The van der Waals surface area contributed by atoms with Crippen molar-refractivity contribution in [2.75, 3.05) is 4.90 Å². The van der Waals surface area contributed by atoms with Gasteiger partial charge in [-0.25, -0.2) is 0 Å². The summed E-state index contributed by atoms with van der Waals surface area (Å²) >= 11 is 0. The normalized spacial score (nSPS) is 11.3. The minimum Gasteiger partial charge on any atom is -0.456 e. The zero-order valence-electron chi connectivity index (χ0n) is 22.9. The molecule has 198 valence electrons. The van der Waals surface area contributed by atoms with Gasteiger partial charge in [0.2, 0.25) is 0 Å². The van der Waals surface area contributed by atoms with Crippen molar-refractivity contribution < 1.29 is 4.42 Å². The minimum absolute atomic E-state index is 0.886. The van der Waals surface area contributed by atoms with Crippen LogP contribution in [-0.4, -0.2) is 0 Å². The number of hydrogen-bond donors (Lipinski definition) is 0. The van der Waals surface area contributed by atoms with Gasteiger partial charge in [-0.1, -0.05) is 127 Å². The van der Waals surface area contributed by atoms with Gasteiger partial charge in [0.05, 0.1) is 5.69 Å². The van der Waals surface area contributed by atoms with Crippen LogP contribution in [-0.2, 0) is 0 Å². The van der Waals surface area contributed by atoms with E-state index in [1.54, 1.807) is 0 Å². The third-order valence-corrected chi connectivity index (χ3v) is 8.07. The Hall–Kier alpha value is -5.60. The van der Waals surface area contributed by atoms with Gasteiger partial charge in [-0.3, -0.25) is 0 Å². The van der Waals surface area contributed by atoms with Crippen molar-refractivity contribution in [3.8, 4) is 22.3 Å². The number of fused-ring (bicyclic) bond motifs is 5. The quantitative estimate of drug-likeness (QED) is 0.217. The molecular weight excluding hydrogens is 510 g/mol. The van der Waals surface area contributed by atoms with Crippen molar-refractivity contribution in [2.24, 2.45) is 0 Å². The second-order valence-electron chi connectivity index (χ2n) is 10.6. The Morgan fingerprint density at radius 3 is 1.38 bits per heavy atom. The predicted octanol–water partition coefficient (Wildman–Crippen LogP) is 11.5. The molecule has 0 amide bonds. The van der Waals surface area contributed by atoms with E-state index in [1.165, 1.54) is 33.0 Å². The first kappa shape index (κ1) is 24.2. The summed E-state index contributed by atoms with van der Waals surface area (Å²) in [7, 11) is 0. The van der Waals surface area contributed by atoms with Crippen molar-refractivity contribution in [3.63, 3.8) is 0 Å². The summed E-state index contributed by atoms with van der Waals surface area (Å²) in [5.41, 5.74) is 9.83. The maximum Gasteiger partial charge on any atom is 0.138 e. The van der Waals surface area contributed by atoms with E-state index in [-0.39, 0.29) is 0 Å². The fourth-order valence-electron chi connectivity index (χ4n) is 6.05. The predicted molar refractivity (Wildman–Crippen MR) is 177 cm³/mol. The lowest BCUT2D eigenvalue weighted by Crippen LogP contribution is -2.10. The van der Waals surface area contributed by atoms with Crippen LogP contribution < -0.4 is 4.90 Å². The van der Waals surface area contributed by atoms with Gasteiger partial charge in [-0.2, -0.15) is 0 Å². The van der Waals surface area contributed by atoms with E-state index in [0.717, 1.165) is 39.0 Å². The highest BCUT2D eigenvalue weighted by Gasteiger charge is 2.20. The van der Waals surface area contributed by atoms with E-state index in [0.29, 0.717) is 0 Å². The van der Waals surface area contributed by atoms with Gasteiger partial charge in [0, 0.05) is 33.6 Å². The summed E-state index contributed by atoms with van der Waals surface area (Å²) in [6, 6.07) is 57.9. The first-order valence-electron chi connectivity index (χ1n) is 14.3. The Morgan fingerprint density at radius 2 is 0.810 bits per heavy atom. The molecule has 0 N–H and O–H groups in total. The van der Waals surface area contributed by atoms with Crippen LogP contribution in [0.25, 0.3) is 55.0 Å². The Morgan fingerprint density at radius 1 is 0.357 bits per heavy atom. The van der Waals surface area contributed by atoms with E-state index in [9.17, 15) is 0 Å². The number of rotatable bonds is 5. The van der Waals surface area contributed by atoms with E-state index in [1.807, 2.05) is 12.1 Å². The Bertz CT molecular complexity index is 2080. The molecule has 2 nitrogen and oxygen atoms in total. The molecule has 8 rings (SSSR count). The number of furan rings is 1. The molecule has 7 aromatic carbocycles. The van der Waals surface area contributed by atoms with Gasteiger partial charge < -0.3 is 9.32 Å². The van der Waals surface area contributed by atoms with Gasteiger partial charge in [0.25, 0.3) is 0 Å². The molecule has 0 radical (unpaired) electrons. The summed E-state index contributed by atoms with van der Waals surface area (Å²) in [5, 5.41) is 4.66. The number of nitrogens with zero attached hydrogens (tertiary/aromatic N) is 1. The largest absolute Gasteiger partial charge is 0.456 e. The van der Waals surface area contributed by atoms with Gasteiger partial charge in [-0.05, 0) is 58.0 Å². The van der Waals surface area contributed by atoms with Gasteiger partial charge in [-0.15, -0.1) is 0 Å². The zero-order valence-corrected chi connectivity index (χ0v) is 22.9. The van der Waals surface area contributed by atoms with Crippen molar-refractivity contribution in [1.82, 2.24) is 0 Å². The lowest BCUT2D eigenvalue weighted by Gasteiger charge is -2.27. The average Bonchev–Trinajstić information content (AvgIpc) is 3.45. The third kappa shape index (κ3) is 4.13. The molecule has 42 heavy (non-hydrogen) atoms. The molecule has 2 heteroatoms. The van der Waals surface area contributed by atoms with Crippen molar-refractivity contribution in [1.29, 1.82) is 0 Å². The molecule has 0 saturated carbocycles. The summed E-state index contributed by atoms with van der Waals surface area (Å²) < 4.78 is 6.45. The first-order valence-corrected chi connectivity index (χ1v) is 14.3. The van der Waals surface area contributed by atoms with Crippen molar-refractivity contribution in [3.05, 3.63) is 164 Å². The number of para-hydroxylation sites is 1.